The minimum atomic E-state index is -0.284. The number of amides is 3. The van der Waals surface area contributed by atoms with Crippen molar-refractivity contribution in [1.29, 1.82) is 0 Å². The number of nitrogens with one attached hydrogen (secondary N) is 1. The number of carbonyl (C=O) groups is 3. The summed E-state index contributed by atoms with van der Waals surface area (Å²) in [7, 11) is 0. The second kappa shape index (κ2) is 7.83. The van der Waals surface area contributed by atoms with E-state index in [0.29, 0.717) is 12.0 Å². The minimum absolute atomic E-state index is 0.111. The van der Waals surface area contributed by atoms with Crippen molar-refractivity contribution in [3.63, 3.8) is 0 Å². The van der Waals surface area contributed by atoms with Crippen LogP contribution in [0.4, 0.5) is 0 Å². The molecule has 1 N–H and O–H groups in total. The molecule has 0 bridgehead atoms. The van der Waals surface area contributed by atoms with Gasteiger partial charge in [0.2, 0.25) is 11.8 Å². The van der Waals surface area contributed by atoms with Gasteiger partial charge in [-0.15, -0.1) is 0 Å². The van der Waals surface area contributed by atoms with Gasteiger partial charge in [-0.2, -0.15) is 0 Å². The zero-order valence-corrected chi connectivity index (χ0v) is 15.8. The number of carbonyl (C=O) groups excluding carboxylic acids is 3. The molecule has 3 fully saturated rings. The average molecular weight is 368 g/mol. The first-order chi connectivity index (χ1) is 13.1. The van der Waals surface area contributed by atoms with Crippen molar-refractivity contribution in [3.05, 3.63) is 35.4 Å². The van der Waals surface area contributed by atoms with Gasteiger partial charge in [0.15, 0.2) is 0 Å². The van der Waals surface area contributed by atoms with Gasteiger partial charge in [0.05, 0.1) is 5.92 Å². The predicted octanol–water partition coefficient (Wildman–Crippen LogP) is 2.93. The largest absolute Gasteiger partial charge is 0.339 e. The predicted molar refractivity (Wildman–Crippen MR) is 102 cm³/mol. The first-order valence-corrected chi connectivity index (χ1v) is 10.3. The van der Waals surface area contributed by atoms with E-state index in [1.54, 1.807) is 0 Å². The molecule has 1 aromatic carbocycles. The highest BCUT2D eigenvalue weighted by Gasteiger charge is 2.31. The molecule has 4 rings (SSSR count). The van der Waals surface area contributed by atoms with E-state index in [1.807, 2.05) is 29.2 Å². The number of hydrogen-bond donors (Lipinski definition) is 1. The van der Waals surface area contributed by atoms with Gasteiger partial charge < -0.3 is 4.90 Å². The Kier molecular flexibility index (Phi) is 5.28. The Balaban J connectivity index is 1.31. The molecule has 1 aromatic rings. The molecule has 2 heterocycles. The van der Waals surface area contributed by atoms with E-state index in [4.69, 9.17) is 0 Å². The van der Waals surface area contributed by atoms with Crippen LogP contribution in [0.1, 0.15) is 60.9 Å². The van der Waals surface area contributed by atoms with Crippen molar-refractivity contribution in [3.8, 4) is 0 Å². The fraction of sp³-hybridized carbons (Fsp3) is 0.591. The highest BCUT2D eigenvalue weighted by atomic mass is 16.2. The number of benzene rings is 1. The number of rotatable bonds is 4. The second-order valence-corrected chi connectivity index (χ2v) is 8.39. The van der Waals surface area contributed by atoms with Gasteiger partial charge >= 0.3 is 0 Å². The zero-order chi connectivity index (χ0) is 18.8. The fourth-order valence-corrected chi connectivity index (χ4v) is 5.03. The van der Waals surface area contributed by atoms with E-state index in [2.05, 4.69) is 5.32 Å². The highest BCUT2D eigenvalue weighted by Crippen LogP contribution is 2.37. The van der Waals surface area contributed by atoms with Crippen molar-refractivity contribution >= 4 is 17.7 Å². The summed E-state index contributed by atoms with van der Waals surface area (Å²) in [5, 5.41) is 2.34. The molecule has 5 nitrogen and oxygen atoms in total. The quantitative estimate of drug-likeness (QED) is 0.831. The molecule has 0 radical (unpaired) electrons. The zero-order valence-electron chi connectivity index (χ0n) is 15.8. The van der Waals surface area contributed by atoms with E-state index < -0.39 is 0 Å². The Morgan fingerprint density at radius 3 is 2.19 bits per heavy atom. The molecule has 1 aliphatic carbocycles. The Morgan fingerprint density at radius 2 is 1.59 bits per heavy atom. The molecule has 2 saturated heterocycles. The van der Waals surface area contributed by atoms with Crippen LogP contribution in [0.5, 0.6) is 0 Å². The third-order valence-electron chi connectivity index (χ3n) is 6.64. The van der Waals surface area contributed by atoms with Crippen LogP contribution in [0.15, 0.2) is 24.3 Å². The first kappa shape index (κ1) is 18.2. The lowest BCUT2D eigenvalue weighted by Gasteiger charge is -2.35. The number of hydrogen-bond acceptors (Lipinski definition) is 3. The average Bonchev–Trinajstić information content (AvgIpc) is 3.32. The Bertz CT molecular complexity index is 714. The summed E-state index contributed by atoms with van der Waals surface area (Å²) in [6.45, 7) is 1.73. The maximum absolute atomic E-state index is 12.8. The number of likely N-dealkylation sites (tertiary alicyclic amines) is 1. The Labute approximate surface area is 160 Å². The normalized spacial score (nSPS) is 24.4. The maximum Gasteiger partial charge on any atom is 0.253 e. The number of nitrogens with zero attached hydrogens (tertiary/aromatic N) is 1. The molecule has 0 aromatic heterocycles. The lowest BCUT2D eigenvalue weighted by molar-refractivity contribution is -0.125. The van der Waals surface area contributed by atoms with Gasteiger partial charge in [0.25, 0.3) is 5.91 Å². The molecule has 144 valence electrons. The van der Waals surface area contributed by atoms with Gasteiger partial charge in [-0.3, -0.25) is 19.7 Å². The van der Waals surface area contributed by atoms with Gasteiger partial charge in [-0.05, 0) is 48.8 Å². The highest BCUT2D eigenvalue weighted by molar-refractivity contribution is 6.03. The molecule has 2 aliphatic heterocycles. The second-order valence-electron chi connectivity index (χ2n) is 8.39. The molecule has 3 aliphatic rings. The van der Waals surface area contributed by atoms with Gasteiger partial charge in [0.1, 0.15) is 0 Å². The van der Waals surface area contributed by atoms with Crippen LogP contribution in [0.25, 0.3) is 0 Å². The van der Waals surface area contributed by atoms with Crippen LogP contribution in [0.2, 0.25) is 0 Å². The SMILES string of the molecule is O=C1CC(Cc2ccc(C(=O)N3CCC(C4CCCC4)CC3)cc2)C(=O)N1. The van der Waals surface area contributed by atoms with Crippen LogP contribution < -0.4 is 5.32 Å². The van der Waals surface area contributed by atoms with Crippen molar-refractivity contribution in [2.75, 3.05) is 13.1 Å². The van der Waals surface area contributed by atoms with Gasteiger partial charge in [-0.25, -0.2) is 0 Å². The van der Waals surface area contributed by atoms with E-state index in [9.17, 15) is 14.4 Å². The van der Waals surface area contributed by atoms with E-state index in [0.717, 1.165) is 43.3 Å². The molecule has 3 amide bonds. The van der Waals surface area contributed by atoms with Gasteiger partial charge in [0, 0.05) is 25.1 Å². The summed E-state index contributed by atoms with van der Waals surface area (Å²) in [5.41, 5.74) is 1.70. The minimum Gasteiger partial charge on any atom is -0.339 e. The first-order valence-electron chi connectivity index (χ1n) is 10.3. The third kappa shape index (κ3) is 4.07. The van der Waals surface area contributed by atoms with Crippen molar-refractivity contribution in [2.24, 2.45) is 17.8 Å². The molecule has 27 heavy (non-hydrogen) atoms. The van der Waals surface area contributed by atoms with Crippen LogP contribution in [0.3, 0.4) is 0 Å². The Hall–Kier alpha value is -2.17. The molecule has 5 heteroatoms. The van der Waals surface area contributed by atoms with Crippen molar-refractivity contribution in [2.45, 2.75) is 51.4 Å². The van der Waals surface area contributed by atoms with E-state index in [1.165, 1.54) is 25.7 Å². The molecule has 0 spiro atoms. The summed E-state index contributed by atoms with van der Waals surface area (Å²) in [5.74, 6) is 1.14. The molecular weight excluding hydrogens is 340 g/mol. The molecular formula is C22H28N2O3. The smallest absolute Gasteiger partial charge is 0.253 e. The fourth-order valence-electron chi connectivity index (χ4n) is 5.03. The monoisotopic (exact) mass is 368 g/mol. The van der Waals surface area contributed by atoms with E-state index >= 15 is 0 Å². The summed E-state index contributed by atoms with van der Waals surface area (Å²) >= 11 is 0. The summed E-state index contributed by atoms with van der Waals surface area (Å²) in [4.78, 5) is 37.8. The van der Waals surface area contributed by atoms with Crippen LogP contribution >= 0.6 is 0 Å². The Morgan fingerprint density at radius 1 is 0.963 bits per heavy atom. The summed E-state index contributed by atoms with van der Waals surface area (Å²) in [6, 6.07) is 7.54. The van der Waals surface area contributed by atoms with Crippen LogP contribution in [0, 0.1) is 17.8 Å². The maximum atomic E-state index is 12.8. The lowest BCUT2D eigenvalue weighted by atomic mass is 9.83. The number of imide groups is 1. The van der Waals surface area contributed by atoms with Crippen molar-refractivity contribution < 1.29 is 14.4 Å². The molecule has 1 atom stereocenters. The van der Waals surface area contributed by atoms with E-state index in [-0.39, 0.29) is 30.1 Å². The summed E-state index contributed by atoms with van der Waals surface area (Å²) in [6.07, 6.45) is 8.60. The molecule has 1 saturated carbocycles. The third-order valence-corrected chi connectivity index (χ3v) is 6.64. The van der Waals surface area contributed by atoms with Crippen molar-refractivity contribution in [1.82, 2.24) is 10.2 Å². The topological polar surface area (TPSA) is 66.5 Å². The lowest BCUT2D eigenvalue weighted by Crippen LogP contribution is -2.39. The number of piperidine rings is 1. The van der Waals surface area contributed by atoms with Crippen LogP contribution in [-0.2, 0) is 16.0 Å². The summed E-state index contributed by atoms with van der Waals surface area (Å²) < 4.78 is 0. The van der Waals surface area contributed by atoms with Gasteiger partial charge in [-0.1, -0.05) is 37.8 Å². The van der Waals surface area contributed by atoms with Crippen LogP contribution in [-0.4, -0.2) is 35.7 Å². The molecule has 1 unspecified atom stereocenters. The standard InChI is InChI=1S/C22H28N2O3/c25-20-14-19(21(26)23-20)13-15-5-7-18(8-6-15)22(27)24-11-9-17(10-12-24)16-3-1-2-4-16/h5-8,16-17,19H,1-4,9-14H2,(H,23,25,26).